The molecule has 3 N–H and O–H groups in total. The molecule has 7 nitrogen and oxygen atoms in total. The lowest BCUT2D eigenvalue weighted by molar-refractivity contribution is -0.140. The second kappa shape index (κ2) is 6.94. The lowest BCUT2D eigenvalue weighted by Crippen LogP contribution is -2.55. The topological polar surface area (TPSA) is 93.1 Å². The highest BCUT2D eigenvalue weighted by atomic mass is 16.4. The Morgan fingerprint density at radius 3 is 2.29 bits per heavy atom. The number of urea groups is 1. The zero-order valence-electron chi connectivity index (χ0n) is 11.6. The van der Waals surface area contributed by atoms with Gasteiger partial charge in [0.05, 0.1) is 6.61 Å². The minimum Gasteiger partial charge on any atom is -0.480 e. The average Bonchev–Trinajstić information content (AvgIpc) is 2.53. The van der Waals surface area contributed by atoms with Crippen LogP contribution in [0, 0.1) is 0 Å². The molecule has 7 heteroatoms. The molecule has 0 radical (unpaired) electrons. The van der Waals surface area contributed by atoms with Crippen molar-refractivity contribution in [3.63, 3.8) is 0 Å². The Balaban J connectivity index is 1.86. The molecule has 21 heavy (non-hydrogen) atoms. The van der Waals surface area contributed by atoms with Crippen molar-refractivity contribution in [2.45, 2.75) is 6.04 Å². The van der Waals surface area contributed by atoms with Crippen molar-refractivity contribution in [1.82, 2.24) is 10.2 Å². The molecule has 1 aliphatic heterocycles. The van der Waals surface area contributed by atoms with Gasteiger partial charge in [0, 0.05) is 31.9 Å². The van der Waals surface area contributed by atoms with E-state index in [-0.39, 0.29) is 0 Å². The first-order valence-corrected chi connectivity index (χ1v) is 6.81. The minimum absolute atomic E-state index is 0.454. The van der Waals surface area contributed by atoms with E-state index >= 15 is 0 Å². The van der Waals surface area contributed by atoms with Crippen molar-refractivity contribution < 1.29 is 19.8 Å². The number of carboxylic acids is 1. The van der Waals surface area contributed by atoms with Gasteiger partial charge in [0.15, 0.2) is 6.04 Å². The van der Waals surface area contributed by atoms with Gasteiger partial charge in [-0.25, -0.2) is 9.59 Å². The van der Waals surface area contributed by atoms with Crippen LogP contribution in [0.15, 0.2) is 30.3 Å². The van der Waals surface area contributed by atoms with Gasteiger partial charge < -0.3 is 25.3 Å². The standard InChI is InChI=1S/C14H19N3O4/c18-10-12(13(19)20)15-14(21)17-8-6-16(7-9-17)11-4-2-1-3-5-11/h1-5,12,18H,6-10H2,(H,15,21)(H,19,20). The van der Waals surface area contributed by atoms with Crippen molar-refractivity contribution in [3.8, 4) is 0 Å². The van der Waals surface area contributed by atoms with Gasteiger partial charge >= 0.3 is 12.0 Å². The van der Waals surface area contributed by atoms with E-state index in [1.54, 1.807) is 4.90 Å². The number of carboxylic acid groups (broad SMARTS) is 1. The maximum absolute atomic E-state index is 11.9. The Kier molecular flexibility index (Phi) is 4.99. The maximum atomic E-state index is 11.9. The molecule has 114 valence electrons. The number of rotatable bonds is 4. The average molecular weight is 293 g/mol. The number of piperazine rings is 1. The second-order valence-corrected chi connectivity index (χ2v) is 4.83. The van der Waals surface area contributed by atoms with E-state index in [4.69, 9.17) is 10.2 Å². The quantitative estimate of drug-likeness (QED) is 0.724. The smallest absolute Gasteiger partial charge is 0.328 e. The monoisotopic (exact) mass is 293 g/mol. The van der Waals surface area contributed by atoms with Crippen LogP contribution in [0.25, 0.3) is 0 Å². The number of nitrogens with zero attached hydrogens (tertiary/aromatic N) is 2. The van der Waals surface area contributed by atoms with E-state index in [9.17, 15) is 9.59 Å². The number of hydrogen-bond donors (Lipinski definition) is 3. The summed E-state index contributed by atoms with van der Waals surface area (Å²) in [5.74, 6) is -1.24. The Bertz CT molecular complexity index is 486. The molecule has 0 aliphatic carbocycles. The van der Waals surface area contributed by atoms with Gasteiger partial charge in [-0.15, -0.1) is 0 Å². The Morgan fingerprint density at radius 2 is 1.76 bits per heavy atom. The first-order chi connectivity index (χ1) is 10.1. The van der Waals surface area contributed by atoms with E-state index in [0.717, 1.165) is 5.69 Å². The fourth-order valence-corrected chi connectivity index (χ4v) is 2.23. The lowest BCUT2D eigenvalue weighted by atomic mass is 10.2. The molecule has 0 spiro atoms. The van der Waals surface area contributed by atoms with Crippen LogP contribution < -0.4 is 10.2 Å². The summed E-state index contributed by atoms with van der Waals surface area (Å²) in [7, 11) is 0. The van der Waals surface area contributed by atoms with Crippen LogP contribution in [0.2, 0.25) is 0 Å². The number of nitrogens with one attached hydrogen (secondary N) is 1. The molecule has 0 bridgehead atoms. The maximum Gasteiger partial charge on any atom is 0.328 e. The van der Waals surface area contributed by atoms with E-state index < -0.39 is 24.6 Å². The molecule has 0 aromatic heterocycles. The van der Waals surface area contributed by atoms with Crippen LogP contribution in [-0.2, 0) is 4.79 Å². The van der Waals surface area contributed by atoms with Crippen LogP contribution in [0.4, 0.5) is 10.5 Å². The normalized spacial score (nSPS) is 16.4. The fraction of sp³-hybridized carbons (Fsp3) is 0.429. The summed E-state index contributed by atoms with van der Waals surface area (Å²) in [6.45, 7) is 1.78. The molecular formula is C14H19N3O4. The number of aliphatic hydroxyl groups excluding tert-OH is 1. The predicted octanol–water partition coefficient (Wildman–Crippen LogP) is -0.0363. The molecule has 2 amide bonds. The van der Waals surface area contributed by atoms with Crippen molar-refractivity contribution in [3.05, 3.63) is 30.3 Å². The van der Waals surface area contributed by atoms with Gasteiger partial charge in [-0.05, 0) is 12.1 Å². The third kappa shape index (κ3) is 3.85. The van der Waals surface area contributed by atoms with Gasteiger partial charge in [-0.3, -0.25) is 0 Å². The molecule has 2 rings (SSSR count). The van der Waals surface area contributed by atoms with Gasteiger partial charge in [-0.1, -0.05) is 18.2 Å². The number of amides is 2. The van der Waals surface area contributed by atoms with Gasteiger partial charge in [0.1, 0.15) is 0 Å². The molecule has 0 saturated carbocycles. The predicted molar refractivity (Wildman–Crippen MR) is 77.3 cm³/mol. The fourth-order valence-electron chi connectivity index (χ4n) is 2.23. The zero-order valence-corrected chi connectivity index (χ0v) is 11.6. The minimum atomic E-state index is -1.26. The number of anilines is 1. The van der Waals surface area contributed by atoms with Crippen LogP contribution >= 0.6 is 0 Å². The number of aliphatic carboxylic acids is 1. The highest BCUT2D eigenvalue weighted by molar-refractivity contribution is 5.82. The number of carbonyl (C=O) groups is 2. The summed E-state index contributed by atoms with van der Waals surface area (Å²) in [5.41, 5.74) is 1.11. The molecule has 1 fully saturated rings. The van der Waals surface area contributed by atoms with Crippen molar-refractivity contribution in [1.29, 1.82) is 0 Å². The molecule has 1 heterocycles. The van der Waals surface area contributed by atoms with Crippen molar-refractivity contribution >= 4 is 17.7 Å². The van der Waals surface area contributed by atoms with E-state index in [2.05, 4.69) is 10.2 Å². The molecular weight excluding hydrogens is 274 g/mol. The van der Waals surface area contributed by atoms with Crippen LogP contribution in [-0.4, -0.2) is 65.9 Å². The van der Waals surface area contributed by atoms with Crippen LogP contribution in [0.5, 0.6) is 0 Å². The molecule has 1 aromatic rings. The lowest BCUT2D eigenvalue weighted by Gasteiger charge is -2.36. The molecule has 1 saturated heterocycles. The van der Waals surface area contributed by atoms with Crippen molar-refractivity contribution in [2.24, 2.45) is 0 Å². The first-order valence-electron chi connectivity index (χ1n) is 6.81. The van der Waals surface area contributed by atoms with Gasteiger partial charge in [-0.2, -0.15) is 0 Å². The largest absolute Gasteiger partial charge is 0.480 e. The molecule has 1 atom stereocenters. The number of hydrogen-bond acceptors (Lipinski definition) is 4. The summed E-state index contributed by atoms with van der Waals surface area (Å²) in [6, 6.07) is 8.20. The first kappa shape index (κ1) is 15.1. The number of aliphatic hydroxyl groups is 1. The zero-order chi connectivity index (χ0) is 15.2. The summed E-state index contributed by atoms with van der Waals surface area (Å²) in [5, 5.41) is 20.0. The molecule has 1 unspecified atom stereocenters. The second-order valence-electron chi connectivity index (χ2n) is 4.83. The van der Waals surface area contributed by atoms with Crippen LogP contribution in [0.1, 0.15) is 0 Å². The Labute approximate surface area is 122 Å². The number of para-hydroxylation sites is 1. The summed E-state index contributed by atoms with van der Waals surface area (Å²) in [6.07, 6.45) is 0. The Hall–Kier alpha value is -2.28. The van der Waals surface area contributed by atoms with E-state index in [0.29, 0.717) is 26.2 Å². The van der Waals surface area contributed by atoms with Gasteiger partial charge in [0.25, 0.3) is 0 Å². The van der Waals surface area contributed by atoms with E-state index in [1.165, 1.54) is 0 Å². The summed E-state index contributed by atoms with van der Waals surface area (Å²) >= 11 is 0. The molecule has 1 aliphatic rings. The third-order valence-corrected chi connectivity index (χ3v) is 3.47. The third-order valence-electron chi connectivity index (χ3n) is 3.47. The summed E-state index contributed by atoms with van der Waals surface area (Å²) < 4.78 is 0. The van der Waals surface area contributed by atoms with Crippen molar-refractivity contribution in [2.75, 3.05) is 37.7 Å². The highest BCUT2D eigenvalue weighted by Gasteiger charge is 2.25. The Morgan fingerprint density at radius 1 is 1.14 bits per heavy atom. The number of carbonyl (C=O) groups excluding carboxylic acids is 1. The van der Waals surface area contributed by atoms with E-state index in [1.807, 2.05) is 30.3 Å². The molecule has 1 aromatic carbocycles. The van der Waals surface area contributed by atoms with Gasteiger partial charge in [0.2, 0.25) is 0 Å². The van der Waals surface area contributed by atoms with Crippen LogP contribution in [0.3, 0.4) is 0 Å². The summed E-state index contributed by atoms with van der Waals surface area (Å²) in [4.78, 5) is 26.5. The number of benzene rings is 1. The highest BCUT2D eigenvalue weighted by Crippen LogP contribution is 2.15. The SMILES string of the molecule is O=C(O)C(CO)NC(=O)N1CCN(c2ccccc2)CC1.